The molecule has 0 saturated carbocycles. The van der Waals surface area contributed by atoms with E-state index in [1.165, 1.54) is 12.1 Å². The highest BCUT2D eigenvalue weighted by Gasteiger charge is 2.34. The fourth-order valence-corrected chi connectivity index (χ4v) is 2.27. The summed E-state index contributed by atoms with van der Waals surface area (Å²) < 4.78 is 18.7. The summed E-state index contributed by atoms with van der Waals surface area (Å²) in [6, 6.07) is -0.0346. The third-order valence-electron chi connectivity index (χ3n) is 3.44. The largest absolute Gasteiger partial charge is 0.463 e. The summed E-state index contributed by atoms with van der Waals surface area (Å²) in [7, 11) is 0. The van der Waals surface area contributed by atoms with E-state index < -0.39 is 30.6 Å². The van der Waals surface area contributed by atoms with Gasteiger partial charge >= 0.3 is 6.03 Å². The average molecular weight is 338 g/mol. The lowest BCUT2D eigenvalue weighted by molar-refractivity contribution is -0.120. The maximum Gasteiger partial charge on any atom is 0.322 e. The molecule has 4 amide bonds. The molecule has 1 unspecified atom stereocenters. The fourth-order valence-electron chi connectivity index (χ4n) is 2.27. The summed E-state index contributed by atoms with van der Waals surface area (Å²) in [6.07, 6.45) is 1.84. The second-order valence-corrected chi connectivity index (χ2v) is 5.12. The number of carbonyl (C=O) groups excluding carboxylic acids is 3. The van der Waals surface area contributed by atoms with Crippen LogP contribution in [0.5, 0.6) is 0 Å². The molecule has 0 radical (unpaired) electrons. The summed E-state index contributed by atoms with van der Waals surface area (Å²) >= 11 is 0. The third kappa shape index (κ3) is 3.80. The smallest absolute Gasteiger partial charge is 0.322 e. The minimum Gasteiger partial charge on any atom is -0.463 e. The van der Waals surface area contributed by atoms with Gasteiger partial charge in [-0.2, -0.15) is 0 Å². The zero-order chi connectivity index (χ0) is 17.7. The van der Waals surface area contributed by atoms with Crippen molar-refractivity contribution in [1.29, 1.82) is 0 Å². The molecule has 0 aliphatic carbocycles. The molecule has 2 heterocycles. The van der Waals surface area contributed by atoms with Gasteiger partial charge in [0.15, 0.2) is 6.04 Å². The van der Waals surface area contributed by atoms with Gasteiger partial charge in [-0.3, -0.25) is 14.9 Å². The molecule has 0 spiro atoms. The molecule has 1 aromatic rings. The SMILES string of the molecule is CCc1oc(C2NC(=O)NC2=O)cc1/C=C(\CF)C(=O)NCCN. The molecule has 8 nitrogen and oxygen atoms in total. The maximum absolute atomic E-state index is 13.2. The number of aryl methyl sites for hydroxylation is 1. The molecule has 5 N–H and O–H groups in total. The van der Waals surface area contributed by atoms with Gasteiger partial charge in [-0.15, -0.1) is 0 Å². The lowest BCUT2D eigenvalue weighted by Crippen LogP contribution is -2.30. The first-order chi connectivity index (χ1) is 11.5. The molecule has 1 fully saturated rings. The number of nitrogens with one attached hydrogen (secondary N) is 3. The van der Waals surface area contributed by atoms with Crippen LogP contribution in [0, 0.1) is 0 Å². The molecule has 2 rings (SSSR count). The molecule has 1 aliphatic heterocycles. The quantitative estimate of drug-likeness (QED) is 0.416. The topological polar surface area (TPSA) is 126 Å². The van der Waals surface area contributed by atoms with Gasteiger partial charge in [-0.1, -0.05) is 6.92 Å². The van der Waals surface area contributed by atoms with E-state index in [2.05, 4.69) is 16.0 Å². The van der Waals surface area contributed by atoms with E-state index in [1.54, 1.807) is 0 Å². The van der Waals surface area contributed by atoms with Gasteiger partial charge in [-0.05, 0) is 12.1 Å². The normalized spacial score (nSPS) is 17.6. The van der Waals surface area contributed by atoms with Crippen LogP contribution in [0.1, 0.15) is 30.0 Å². The van der Waals surface area contributed by atoms with Crippen LogP contribution in [0.3, 0.4) is 0 Å². The Morgan fingerprint density at radius 3 is 2.79 bits per heavy atom. The molecule has 1 aliphatic rings. The van der Waals surface area contributed by atoms with Crippen molar-refractivity contribution >= 4 is 23.9 Å². The highest BCUT2D eigenvalue weighted by Crippen LogP contribution is 2.26. The van der Waals surface area contributed by atoms with Gasteiger partial charge in [0.1, 0.15) is 18.2 Å². The summed E-state index contributed by atoms with van der Waals surface area (Å²) in [5, 5.41) is 7.02. The lowest BCUT2D eigenvalue weighted by atomic mass is 10.1. The van der Waals surface area contributed by atoms with Crippen molar-refractivity contribution < 1.29 is 23.2 Å². The van der Waals surface area contributed by atoms with Gasteiger partial charge < -0.3 is 20.8 Å². The molecule has 1 aromatic heterocycles. The Morgan fingerprint density at radius 1 is 1.50 bits per heavy atom. The molecule has 0 aromatic carbocycles. The molecule has 130 valence electrons. The predicted molar refractivity (Wildman–Crippen MR) is 83.5 cm³/mol. The number of halogens is 1. The Kier molecular flexibility index (Phi) is 5.69. The minimum absolute atomic E-state index is 0.0783. The van der Waals surface area contributed by atoms with E-state index in [-0.39, 0.29) is 24.4 Å². The molecule has 0 bridgehead atoms. The number of carbonyl (C=O) groups is 3. The van der Waals surface area contributed by atoms with Crippen molar-refractivity contribution in [2.45, 2.75) is 19.4 Å². The van der Waals surface area contributed by atoms with Crippen LogP contribution in [0.2, 0.25) is 0 Å². The van der Waals surface area contributed by atoms with E-state index in [1.807, 2.05) is 6.92 Å². The zero-order valence-corrected chi connectivity index (χ0v) is 13.1. The van der Waals surface area contributed by atoms with E-state index in [9.17, 15) is 18.8 Å². The second kappa shape index (κ2) is 7.73. The van der Waals surface area contributed by atoms with Crippen LogP contribution in [0.15, 0.2) is 16.1 Å². The molecule has 9 heteroatoms. The first-order valence-corrected chi connectivity index (χ1v) is 7.48. The lowest BCUT2D eigenvalue weighted by Gasteiger charge is -2.04. The highest BCUT2D eigenvalue weighted by atomic mass is 19.1. The van der Waals surface area contributed by atoms with Gasteiger partial charge in [0.2, 0.25) is 5.91 Å². The number of urea groups is 1. The number of imide groups is 1. The van der Waals surface area contributed by atoms with Crippen LogP contribution in [-0.4, -0.2) is 37.6 Å². The van der Waals surface area contributed by atoms with Crippen LogP contribution >= 0.6 is 0 Å². The third-order valence-corrected chi connectivity index (χ3v) is 3.44. The van der Waals surface area contributed by atoms with E-state index in [4.69, 9.17) is 10.2 Å². The molecule has 1 saturated heterocycles. The molecule has 1 atom stereocenters. The van der Waals surface area contributed by atoms with E-state index in [0.29, 0.717) is 17.7 Å². The Labute approximate surface area is 137 Å². The Bertz CT molecular complexity index is 683. The van der Waals surface area contributed by atoms with Gasteiger partial charge in [0.05, 0.1) is 0 Å². The average Bonchev–Trinajstić information content (AvgIpc) is 3.12. The van der Waals surface area contributed by atoms with Crippen LogP contribution in [-0.2, 0) is 16.0 Å². The zero-order valence-electron chi connectivity index (χ0n) is 13.1. The van der Waals surface area contributed by atoms with Crippen molar-refractivity contribution in [2.75, 3.05) is 19.8 Å². The van der Waals surface area contributed by atoms with Crippen molar-refractivity contribution in [2.24, 2.45) is 5.73 Å². The predicted octanol–water partition coefficient (Wildman–Crippen LogP) is 0.150. The van der Waals surface area contributed by atoms with E-state index >= 15 is 0 Å². The van der Waals surface area contributed by atoms with Crippen LogP contribution in [0.25, 0.3) is 6.08 Å². The molecule has 24 heavy (non-hydrogen) atoms. The summed E-state index contributed by atoms with van der Waals surface area (Å²) in [4.78, 5) is 34.8. The first kappa shape index (κ1) is 17.7. The summed E-state index contributed by atoms with van der Waals surface area (Å²) in [6.45, 7) is 1.34. The van der Waals surface area contributed by atoms with Gasteiger partial charge in [0, 0.05) is 30.6 Å². The second-order valence-electron chi connectivity index (χ2n) is 5.12. The van der Waals surface area contributed by atoms with E-state index in [0.717, 1.165) is 0 Å². The number of amides is 4. The minimum atomic E-state index is -0.958. The van der Waals surface area contributed by atoms with Crippen molar-refractivity contribution in [3.05, 3.63) is 28.7 Å². The van der Waals surface area contributed by atoms with Gasteiger partial charge in [0.25, 0.3) is 5.91 Å². The molecular weight excluding hydrogens is 319 g/mol. The fraction of sp³-hybridized carbons (Fsp3) is 0.400. The highest BCUT2D eigenvalue weighted by molar-refractivity contribution is 6.04. The number of hydrogen-bond acceptors (Lipinski definition) is 5. The van der Waals surface area contributed by atoms with Crippen molar-refractivity contribution in [1.82, 2.24) is 16.0 Å². The van der Waals surface area contributed by atoms with Gasteiger partial charge in [-0.25, -0.2) is 9.18 Å². The van der Waals surface area contributed by atoms with Crippen molar-refractivity contribution in [3.8, 4) is 0 Å². The monoisotopic (exact) mass is 338 g/mol. The summed E-state index contributed by atoms with van der Waals surface area (Å²) in [5.41, 5.74) is 5.70. The first-order valence-electron chi connectivity index (χ1n) is 7.48. The number of alkyl halides is 1. The maximum atomic E-state index is 13.2. The molecular formula is C15H19FN4O4. The number of hydrogen-bond donors (Lipinski definition) is 4. The van der Waals surface area contributed by atoms with Crippen LogP contribution < -0.4 is 21.7 Å². The standard InChI is InChI=1S/C15H19FN4O4/c1-2-10-8(5-9(7-16)13(21)18-4-3-17)6-11(24-10)12-14(22)20-15(23)19-12/h5-6,12H,2-4,7,17H2,1H3,(H,18,21)(H2,19,20,22,23)/b9-5+. The Morgan fingerprint density at radius 2 is 2.25 bits per heavy atom. The Balaban J connectivity index is 2.29. The van der Waals surface area contributed by atoms with Crippen molar-refractivity contribution in [3.63, 3.8) is 0 Å². The van der Waals surface area contributed by atoms with Crippen LogP contribution in [0.4, 0.5) is 9.18 Å². The number of nitrogens with two attached hydrogens (primary N) is 1. The number of furan rings is 1. The number of rotatable bonds is 7. The summed E-state index contributed by atoms with van der Waals surface area (Å²) in [5.74, 6) is -0.378. The Hall–Kier alpha value is -2.68.